The molecule has 0 heterocycles. The van der Waals surface area contributed by atoms with E-state index in [0.29, 0.717) is 24.0 Å². The molecule has 4 aliphatic carbocycles. The number of rotatable bonds is 6. The highest BCUT2D eigenvalue weighted by Gasteiger charge is 2.65. The van der Waals surface area contributed by atoms with Crippen molar-refractivity contribution >= 4 is 5.78 Å². The summed E-state index contributed by atoms with van der Waals surface area (Å²) in [4.78, 5) is 12.8. The number of hydrogen-bond donors (Lipinski definition) is 4. The van der Waals surface area contributed by atoms with Crippen LogP contribution in [0.4, 0.5) is 0 Å². The van der Waals surface area contributed by atoms with E-state index in [2.05, 4.69) is 40.7 Å². The van der Waals surface area contributed by atoms with Crippen LogP contribution in [0.15, 0.2) is 11.6 Å². The molecule has 9 atom stereocenters. The van der Waals surface area contributed by atoms with Gasteiger partial charge in [-0.1, -0.05) is 46.3 Å². The zero-order chi connectivity index (χ0) is 26.2. The summed E-state index contributed by atoms with van der Waals surface area (Å²) >= 11 is 0. The lowest BCUT2D eigenvalue weighted by Gasteiger charge is -2.63. The fourth-order valence-corrected chi connectivity index (χ4v) is 9.59. The van der Waals surface area contributed by atoms with Crippen LogP contribution in [0, 0.1) is 45.3 Å². The van der Waals surface area contributed by atoms with Gasteiger partial charge in [-0.2, -0.15) is 0 Å². The summed E-state index contributed by atoms with van der Waals surface area (Å²) in [5, 5.41) is 41.8. The lowest BCUT2D eigenvalue weighted by molar-refractivity contribution is -0.146. The number of ketones is 1. The number of Topliss-reactive ketones (excluding diaryl/α,β-unsaturated/α-hetero) is 1. The Morgan fingerprint density at radius 2 is 1.71 bits per heavy atom. The Labute approximate surface area is 212 Å². The number of aliphatic hydroxyl groups excluding tert-OH is 3. The number of carbonyl (C=O) groups excluding carboxylic acids is 1. The summed E-state index contributed by atoms with van der Waals surface area (Å²) in [5.74, 6) is 1.43. The Balaban J connectivity index is 1.63. The van der Waals surface area contributed by atoms with Gasteiger partial charge in [0.05, 0.1) is 11.7 Å². The normalized spacial score (nSPS) is 43.5. The fourth-order valence-electron chi connectivity index (χ4n) is 9.59. The van der Waals surface area contributed by atoms with Crippen LogP contribution in [0.1, 0.15) is 99.8 Å². The lowest BCUT2D eigenvalue weighted by Crippen LogP contribution is -2.57. The van der Waals surface area contributed by atoms with Gasteiger partial charge >= 0.3 is 0 Å². The van der Waals surface area contributed by atoms with Crippen molar-refractivity contribution in [3.8, 4) is 0 Å². The van der Waals surface area contributed by atoms with Gasteiger partial charge in [0.25, 0.3) is 0 Å². The molecule has 0 saturated heterocycles. The van der Waals surface area contributed by atoms with Crippen molar-refractivity contribution in [2.45, 2.75) is 118 Å². The highest BCUT2D eigenvalue weighted by Crippen LogP contribution is 2.73. The van der Waals surface area contributed by atoms with E-state index in [4.69, 9.17) is 0 Å². The van der Waals surface area contributed by atoms with Gasteiger partial charge in [-0.3, -0.25) is 4.79 Å². The van der Waals surface area contributed by atoms with E-state index in [1.165, 1.54) is 13.8 Å². The molecule has 0 radical (unpaired) electrons. The van der Waals surface area contributed by atoms with Crippen LogP contribution in [0.3, 0.4) is 0 Å². The van der Waals surface area contributed by atoms with Crippen LogP contribution in [0.5, 0.6) is 0 Å². The molecule has 3 fully saturated rings. The second kappa shape index (κ2) is 8.64. The van der Waals surface area contributed by atoms with Crippen molar-refractivity contribution in [2.75, 3.05) is 6.61 Å². The molecule has 0 spiro atoms. The van der Waals surface area contributed by atoms with Crippen molar-refractivity contribution in [3.63, 3.8) is 0 Å². The Hall–Kier alpha value is -0.750. The van der Waals surface area contributed by atoms with Gasteiger partial charge in [-0.25, -0.2) is 0 Å². The molecule has 2 unspecified atom stereocenters. The molecule has 200 valence electrons. The summed E-state index contributed by atoms with van der Waals surface area (Å²) in [6.45, 7) is 14.6. The van der Waals surface area contributed by atoms with Gasteiger partial charge in [-0.05, 0) is 98.7 Å². The summed E-state index contributed by atoms with van der Waals surface area (Å²) in [6.07, 6.45) is 7.36. The first-order valence-corrected chi connectivity index (χ1v) is 14.0. The Kier molecular flexibility index (Phi) is 6.74. The molecule has 5 nitrogen and oxygen atoms in total. The van der Waals surface area contributed by atoms with E-state index in [1.807, 2.05) is 0 Å². The van der Waals surface area contributed by atoms with Crippen molar-refractivity contribution in [1.29, 1.82) is 0 Å². The summed E-state index contributed by atoms with van der Waals surface area (Å²) in [5.41, 5.74) is 0.117. The standard InChI is InChI=1S/C30H50O5/c1-26(2)23-9-8-21-20(28(23,5)13-12-24(26)33)11-15-29(6)19(10-14-30(21,29)7)18(17-31)16-22(32)25(34)27(3,4)35/h8,18-20,22-23,25,31-32,34-35H,9-17H2,1-7H3/t18-,19+,20?,22-,23?,25-,28-,29+,30-/m1/s1. The van der Waals surface area contributed by atoms with Crippen LogP contribution in [0.25, 0.3) is 0 Å². The number of hydrogen-bond acceptors (Lipinski definition) is 5. The molecule has 35 heavy (non-hydrogen) atoms. The predicted octanol–water partition coefficient (Wildman–Crippen LogP) is 4.65. The molecule has 0 bridgehead atoms. The van der Waals surface area contributed by atoms with Gasteiger partial charge in [0.15, 0.2) is 0 Å². The molecule has 0 aromatic heterocycles. The number of fused-ring (bicyclic) bond motifs is 5. The molecule has 4 aliphatic rings. The molecular formula is C30H50O5. The second-order valence-corrected chi connectivity index (χ2v) is 14.4. The first kappa shape index (κ1) is 27.3. The maximum atomic E-state index is 12.8. The average molecular weight is 491 g/mol. The molecule has 0 aromatic carbocycles. The maximum absolute atomic E-state index is 12.8. The van der Waals surface area contributed by atoms with Crippen molar-refractivity contribution in [2.24, 2.45) is 45.3 Å². The quantitative estimate of drug-likeness (QED) is 0.406. The van der Waals surface area contributed by atoms with Gasteiger partial charge in [-0.15, -0.1) is 0 Å². The minimum atomic E-state index is -1.39. The number of carbonyl (C=O) groups is 1. The monoisotopic (exact) mass is 490 g/mol. The van der Waals surface area contributed by atoms with Crippen LogP contribution >= 0.6 is 0 Å². The highest BCUT2D eigenvalue weighted by atomic mass is 16.4. The van der Waals surface area contributed by atoms with Crippen LogP contribution < -0.4 is 0 Å². The summed E-state index contributed by atoms with van der Waals surface area (Å²) in [7, 11) is 0. The first-order valence-electron chi connectivity index (χ1n) is 14.0. The zero-order valence-corrected chi connectivity index (χ0v) is 23.1. The third-order valence-electron chi connectivity index (χ3n) is 12.1. The minimum Gasteiger partial charge on any atom is -0.396 e. The predicted molar refractivity (Wildman–Crippen MR) is 137 cm³/mol. The first-order chi connectivity index (χ1) is 16.0. The number of aliphatic hydroxyl groups is 4. The van der Waals surface area contributed by atoms with E-state index in [0.717, 1.165) is 38.5 Å². The highest BCUT2D eigenvalue weighted by molar-refractivity contribution is 5.85. The minimum absolute atomic E-state index is 0.00529. The molecule has 3 saturated carbocycles. The molecule has 0 amide bonds. The van der Waals surface area contributed by atoms with Crippen LogP contribution in [-0.4, -0.2) is 50.6 Å². The topological polar surface area (TPSA) is 98.0 Å². The summed E-state index contributed by atoms with van der Waals surface area (Å²) < 4.78 is 0. The van der Waals surface area contributed by atoms with Crippen molar-refractivity contribution in [1.82, 2.24) is 0 Å². The zero-order valence-electron chi connectivity index (χ0n) is 23.1. The molecule has 0 aromatic rings. The van der Waals surface area contributed by atoms with E-state index >= 15 is 0 Å². The van der Waals surface area contributed by atoms with Gasteiger partial charge in [0.1, 0.15) is 11.9 Å². The van der Waals surface area contributed by atoms with Gasteiger partial charge in [0.2, 0.25) is 0 Å². The van der Waals surface area contributed by atoms with Crippen molar-refractivity contribution in [3.05, 3.63) is 11.6 Å². The van der Waals surface area contributed by atoms with E-state index < -0.39 is 17.8 Å². The second-order valence-electron chi connectivity index (χ2n) is 14.4. The van der Waals surface area contributed by atoms with Gasteiger partial charge < -0.3 is 20.4 Å². The lowest BCUT2D eigenvalue weighted by atomic mass is 9.41. The Morgan fingerprint density at radius 3 is 2.31 bits per heavy atom. The Morgan fingerprint density at radius 1 is 1.06 bits per heavy atom. The molecule has 4 rings (SSSR count). The Bertz CT molecular complexity index is 870. The maximum Gasteiger partial charge on any atom is 0.138 e. The molecule has 0 aliphatic heterocycles. The smallest absolute Gasteiger partial charge is 0.138 e. The van der Waals surface area contributed by atoms with Crippen molar-refractivity contribution < 1.29 is 25.2 Å². The summed E-state index contributed by atoms with van der Waals surface area (Å²) in [6, 6.07) is 0. The fraction of sp³-hybridized carbons (Fsp3) is 0.900. The largest absolute Gasteiger partial charge is 0.396 e. The van der Waals surface area contributed by atoms with Gasteiger partial charge in [0, 0.05) is 18.4 Å². The third-order valence-corrected chi connectivity index (χ3v) is 12.1. The van der Waals surface area contributed by atoms with E-state index in [9.17, 15) is 25.2 Å². The van der Waals surface area contributed by atoms with E-state index in [1.54, 1.807) is 5.57 Å². The van der Waals surface area contributed by atoms with Crippen LogP contribution in [-0.2, 0) is 4.79 Å². The SMILES string of the molecule is CC1(C)C(=O)CC[C@]2(C)C3CC[C@@]4(C)[C@H]([C@@H](CO)C[C@@H](O)[C@@H](O)C(C)(C)O)CC[C@]4(C)C3=CCC12. The molecule has 5 heteroatoms. The van der Waals surface area contributed by atoms with E-state index in [-0.39, 0.29) is 46.5 Å². The third kappa shape index (κ3) is 3.90. The number of allylic oxidation sites excluding steroid dienone is 2. The van der Waals surface area contributed by atoms with Crippen LogP contribution in [0.2, 0.25) is 0 Å². The average Bonchev–Trinajstić information content (AvgIpc) is 3.05. The molecule has 4 N–H and O–H groups in total. The molecular weight excluding hydrogens is 440 g/mol.